The molecule has 0 unspecified atom stereocenters. The van der Waals surface area contributed by atoms with Gasteiger partial charge in [0.15, 0.2) is 0 Å². The van der Waals surface area contributed by atoms with E-state index in [9.17, 15) is 0 Å². The van der Waals surface area contributed by atoms with Gasteiger partial charge in [-0.1, -0.05) is 24.6 Å². The average molecular weight is 133 g/mol. The summed E-state index contributed by atoms with van der Waals surface area (Å²) >= 11 is 5.43. The second kappa shape index (κ2) is 3.50. The van der Waals surface area contributed by atoms with Crippen molar-refractivity contribution in [2.45, 2.75) is 13.3 Å². The smallest absolute Gasteiger partial charge is 0.134 e. The molecule has 0 saturated carbocycles. The molecule has 46 valence electrons. The zero-order chi connectivity index (χ0) is 6.57. The van der Waals surface area contributed by atoms with Crippen LogP contribution in [-0.2, 0) is 0 Å². The normalized spacial score (nSPS) is 11.5. The van der Waals surface area contributed by atoms with Gasteiger partial charge in [-0.05, 0) is 6.42 Å². The lowest BCUT2D eigenvalue weighted by atomic mass is 10.4. The van der Waals surface area contributed by atoms with Gasteiger partial charge < -0.3 is 5.73 Å². The highest BCUT2D eigenvalue weighted by molar-refractivity contribution is 6.42. The molecule has 0 bridgehead atoms. The van der Waals surface area contributed by atoms with Crippen molar-refractivity contribution in [2.24, 2.45) is 5.73 Å². The number of hydrogen-bond donors (Lipinski definition) is 2. The average Bonchev–Trinajstić information content (AvgIpc) is 1.67. The molecule has 0 aromatic heterocycles. The largest absolute Gasteiger partial charge is 0.383 e. The third kappa shape index (κ3) is 2.64. The van der Waals surface area contributed by atoms with E-state index in [1.807, 2.05) is 6.92 Å². The van der Waals surface area contributed by atoms with E-state index < -0.39 is 0 Å². The Balaban J connectivity index is 3.80. The lowest BCUT2D eigenvalue weighted by molar-refractivity contribution is 1.22. The van der Waals surface area contributed by atoms with Gasteiger partial charge in [0.1, 0.15) is 5.84 Å². The minimum atomic E-state index is -0.0616. The summed E-state index contributed by atoms with van der Waals surface area (Å²) < 4.78 is 0. The van der Waals surface area contributed by atoms with Crippen LogP contribution < -0.4 is 5.73 Å². The molecule has 0 saturated heterocycles. The number of hydrogen-bond acceptors (Lipinski definition) is 1. The van der Waals surface area contributed by atoms with Gasteiger partial charge in [-0.25, -0.2) is 0 Å². The highest BCUT2D eigenvalue weighted by Gasteiger charge is 1.90. The standard InChI is InChI=1S/C5H9ClN2/c1-2-3-4(6)5(7)8/h3H,2H2,1H3,(H3,7,8)/b4-3+. The van der Waals surface area contributed by atoms with Crippen LogP contribution in [0.1, 0.15) is 13.3 Å². The molecule has 3 heteroatoms. The Morgan fingerprint density at radius 2 is 2.38 bits per heavy atom. The van der Waals surface area contributed by atoms with Gasteiger partial charge in [-0.2, -0.15) is 0 Å². The number of nitrogens with one attached hydrogen (secondary N) is 1. The van der Waals surface area contributed by atoms with Crippen molar-refractivity contribution in [3.8, 4) is 0 Å². The summed E-state index contributed by atoms with van der Waals surface area (Å²) in [6, 6.07) is 0. The Labute approximate surface area is 53.8 Å². The molecule has 0 heterocycles. The van der Waals surface area contributed by atoms with Crippen LogP contribution in [0.25, 0.3) is 0 Å². The van der Waals surface area contributed by atoms with Crippen molar-refractivity contribution in [1.29, 1.82) is 5.41 Å². The number of nitrogens with two attached hydrogens (primary N) is 1. The van der Waals surface area contributed by atoms with E-state index >= 15 is 0 Å². The highest BCUT2D eigenvalue weighted by atomic mass is 35.5. The molecule has 8 heavy (non-hydrogen) atoms. The fraction of sp³-hybridized carbons (Fsp3) is 0.400. The van der Waals surface area contributed by atoms with Crippen LogP contribution in [0.5, 0.6) is 0 Å². The Morgan fingerprint density at radius 1 is 1.88 bits per heavy atom. The molecule has 2 nitrogen and oxygen atoms in total. The monoisotopic (exact) mass is 132 g/mol. The van der Waals surface area contributed by atoms with Crippen LogP contribution in [0, 0.1) is 5.41 Å². The summed E-state index contributed by atoms with van der Waals surface area (Å²) in [6.45, 7) is 1.94. The van der Waals surface area contributed by atoms with Crippen molar-refractivity contribution >= 4 is 17.4 Å². The Bertz CT molecular complexity index is 118. The van der Waals surface area contributed by atoms with Gasteiger partial charge in [0.05, 0.1) is 5.03 Å². The molecule has 3 N–H and O–H groups in total. The molecule has 0 aliphatic rings. The number of amidine groups is 1. The van der Waals surface area contributed by atoms with Gasteiger partial charge in [0.25, 0.3) is 0 Å². The maximum atomic E-state index is 6.78. The molecule has 0 atom stereocenters. The van der Waals surface area contributed by atoms with Crippen LogP contribution in [-0.4, -0.2) is 5.84 Å². The molecule has 0 aliphatic carbocycles. The fourth-order valence-corrected chi connectivity index (χ4v) is 0.443. The summed E-state index contributed by atoms with van der Waals surface area (Å²) in [6.07, 6.45) is 2.52. The van der Waals surface area contributed by atoms with Crippen molar-refractivity contribution in [2.75, 3.05) is 0 Å². The van der Waals surface area contributed by atoms with Gasteiger partial charge >= 0.3 is 0 Å². The lowest BCUT2D eigenvalue weighted by Gasteiger charge is -1.89. The van der Waals surface area contributed by atoms with E-state index in [1.165, 1.54) is 0 Å². The van der Waals surface area contributed by atoms with Crippen molar-refractivity contribution in [3.63, 3.8) is 0 Å². The molecule has 0 amide bonds. The fourth-order valence-electron chi connectivity index (χ4n) is 0.289. The second-order valence-electron chi connectivity index (χ2n) is 1.37. The van der Waals surface area contributed by atoms with Crippen LogP contribution in [0.4, 0.5) is 0 Å². The van der Waals surface area contributed by atoms with E-state index in [0.29, 0.717) is 5.03 Å². The molecule has 0 rings (SSSR count). The third-order valence-corrected chi connectivity index (χ3v) is 0.999. The van der Waals surface area contributed by atoms with Crippen LogP contribution in [0.3, 0.4) is 0 Å². The van der Waals surface area contributed by atoms with Gasteiger partial charge in [0, 0.05) is 0 Å². The molecule has 0 aliphatic heterocycles. The van der Waals surface area contributed by atoms with Crippen LogP contribution in [0.2, 0.25) is 0 Å². The first-order chi connectivity index (χ1) is 3.68. The number of halogens is 1. The summed E-state index contributed by atoms with van der Waals surface area (Å²) in [4.78, 5) is 0. The zero-order valence-corrected chi connectivity index (χ0v) is 5.50. The van der Waals surface area contributed by atoms with Crippen molar-refractivity contribution < 1.29 is 0 Å². The maximum Gasteiger partial charge on any atom is 0.134 e. The number of allylic oxidation sites excluding steroid dienone is 1. The van der Waals surface area contributed by atoms with Gasteiger partial charge in [-0.3, -0.25) is 5.41 Å². The SMILES string of the molecule is CC/C=C(/Cl)C(=N)N. The summed E-state index contributed by atoms with van der Waals surface area (Å²) in [5, 5.41) is 7.12. The van der Waals surface area contributed by atoms with E-state index in [1.54, 1.807) is 6.08 Å². The van der Waals surface area contributed by atoms with E-state index in [-0.39, 0.29) is 5.84 Å². The molecule has 0 spiro atoms. The van der Waals surface area contributed by atoms with E-state index in [4.69, 9.17) is 22.7 Å². The summed E-state index contributed by atoms with van der Waals surface area (Å²) in [5.74, 6) is -0.0616. The van der Waals surface area contributed by atoms with Crippen molar-refractivity contribution in [3.05, 3.63) is 11.1 Å². The molecule has 0 aromatic rings. The molecule has 0 radical (unpaired) electrons. The first kappa shape index (κ1) is 7.50. The predicted octanol–water partition coefficient (Wildman–Crippen LogP) is 1.46. The van der Waals surface area contributed by atoms with Gasteiger partial charge in [0.2, 0.25) is 0 Å². The highest BCUT2D eigenvalue weighted by Crippen LogP contribution is 1.99. The van der Waals surface area contributed by atoms with Gasteiger partial charge in [-0.15, -0.1) is 0 Å². The Hall–Kier alpha value is -0.500. The first-order valence-corrected chi connectivity index (χ1v) is 2.76. The lowest BCUT2D eigenvalue weighted by Crippen LogP contribution is -2.08. The van der Waals surface area contributed by atoms with Crippen LogP contribution in [0.15, 0.2) is 11.1 Å². The molecular weight excluding hydrogens is 124 g/mol. The number of rotatable bonds is 2. The summed E-state index contributed by atoms with van der Waals surface area (Å²) in [5.41, 5.74) is 5.01. The third-order valence-electron chi connectivity index (χ3n) is 0.641. The minimum absolute atomic E-state index is 0.0616. The predicted molar refractivity (Wildman–Crippen MR) is 36.1 cm³/mol. The molecule has 0 aromatic carbocycles. The summed E-state index contributed by atoms with van der Waals surface area (Å²) in [7, 11) is 0. The van der Waals surface area contributed by atoms with E-state index in [2.05, 4.69) is 0 Å². The topological polar surface area (TPSA) is 49.9 Å². The Morgan fingerprint density at radius 3 is 2.50 bits per heavy atom. The Kier molecular flexibility index (Phi) is 3.28. The van der Waals surface area contributed by atoms with Crippen LogP contribution >= 0.6 is 11.6 Å². The first-order valence-electron chi connectivity index (χ1n) is 2.38. The minimum Gasteiger partial charge on any atom is -0.383 e. The zero-order valence-electron chi connectivity index (χ0n) is 4.74. The van der Waals surface area contributed by atoms with E-state index in [0.717, 1.165) is 6.42 Å². The maximum absolute atomic E-state index is 6.78. The molecule has 0 fully saturated rings. The second-order valence-corrected chi connectivity index (χ2v) is 1.78. The van der Waals surface area contributed by atoms with Crippen molar-refractivity contribution in [1.82, 2.24) is 0 Å². The quantitative estimate of drug-likeness (QED) is 0.434. The molecular formula is C5H9ClN2.